The van der Waals surface area contributed by atoms with E-state index in [0.717, 1.165) is 56.7 Å². The van der Waals surface area contributed by atoms with Crippen molar-refractivity contribution < 1.29 is 9.59 Å². The van der Waals surface area contributed by atoms with Gasteiger partial charge in [0.05, 0.1) is 11.6 Å². The van der Waals surface area contributed by atoms with Crippen molar-refractivity contribution in [3.05, 3.63) is 16.0 Å². The van der Waals surface area contributed by atoms with E-state index >= 15 is 0 Å². The van der Waals surface area contributed by atoms with Crippen LogP contribution < -0.4 is 11.1 Å². The molecule has 3 rings (SSSR count). The zero-order chi connectivity index (χ0) is 16.6. The highest BCUT2D eigenvalue weighted by atomic mass is 32.1. The Morgan fingerprint density at radius 2 is 2.00 bits per heavy atom. The van der Waals surface area contributed by atoms with Gasteiger partial charge in [-0.05, 0) is 63.6 Å². The number of primary amides is 1. The number of rotatable bonds is 4. The summed E-state index contributed by atoms with van der Waals surface area (Å²) in [5.41, 5.74) is 7.14. The predicted octanol–water partition coefficient (Wildman–Crippen LogP) is 2.39. The van der Waals surface area contributed by atoms with Crippen LogP contribution in [0.3, 0.4) is 0 Å². The van der Waals surface area contributed by atoms with E-state index in [1.54, 1.807) is 0 Å². The Labute approximate surface area is 141 Å². The second-order valence-corrected chi connectivity index (χ2v) is 7.91. The smallest absolute Gasteiger partial charge is 0.251 e. The monoisotopic (exact) mass is 335 g/mol. The number of thiophene rings is 1. The molecule has 2 heterocycles. The second-order valence-electron chi connectivity index (χ2n) is 6.81. The van der Waals surface area contributed by atoms with E-state index in [1.807, 2.05) is 6.92 Å². The molecule has 0 unspecified atom stereocenters. The third-order valence-electron chi connectivity index (χ3n) is 5.15. The van der Waals surface area contributed by atoms with Gasteiger partial charge in [-0.3, -0.25) is 14.5 Å². The lowest BCUT2D eigenvalue weighted by atomic mass is 9.98. The topological polar surface area (TPSA) is 75.4 Å². The number of likely N-dealkylation sites (tertiary alicyclic amines) is 1. The minimum Gasteiger partial charge on any atom is -0.365 e. The molecule has 1 atom stereocenters. The van der Waals surface area contributed by atoms with Gasteiger partial charge in [0.15, 0.2) is 0 Å². The standard InChI is InChI=1S/C17H25N3O2S/c1-10-6-8-20(9-7-10)11(2)16(22)19-17-14(15(18)21)12-4-3-5-13(12)23-17/h10-11H,3-9H2,1-2H3,(H2,18,21)(H,19,22)/t11-/m0/s1. The van der Waals surface area contributed by atoms with E-state index in [-0.39, 0.29) is 11.9 Å². The summed E-state index contributed by atoms with van der Waals surface area (Å²) in [5.74, 6) is 0.268. The Morgan fingerprint density at radius 3 is 2.65 bits per heavy atom. The number of carbonyl (C=O) groups excluding carboxylic acids is 2. The molecule has 2 amide bonds. The fraction of sp³-hybridized carbons (Fsp3) is 0.647. The van der Waals surface area contributed by atoms with Gasteiger partial charge < -0.3 is 11.1 Å². The Morgan fingerprint density at radius 1 is 1.30 bits per heavy atom. The van der Waals surface area contributed by atoms with Crippen molar-refractivity contribution in [1.82, 2.24) is 4.90 Å². The van der Waals surface area contributed by atoms with Crippen LogP contribution in [0.1, 0.15) is 53.9 Å². The molecule has 0 radical (unpaired) electrons. The largest absolute Gasteiger partial charge is 0.365 e. The number of carbonyl (C=O) groups is 2. The molecular formula is C17H25N3O2S. The summed E-state index contributed by atoms with van der Waals surface area (Å²) in [5, 5.41) is 3.61. The normalized spacial score (nSPS) is 20.3. The van der Waals surface area contributed by atoms with Crippen molar-refractivity contribution in [2.24, 2.45) is 11.7 Å². The zero-order valence-electron chi connectivity index (χ0n) is 13.9. The fourth-order valence-electron chi connectivity index (χ4n) is 3.55. The molecule has 1 fully saturated rings. The van der Waals surface area contributed by atoms with Gasteiger partial charge in [-0.25, -0.2) is 0 Å². The van der Waals surface area contributed by atoms with Gasteiger partial charge in [0, 0.05) is 4.88 Å². The summed E-state index contributed by atoms with van der Waals surface area (Å²) < 4.78 is 0. The number of piperidine rings is 1. The number of fused-ring (bicyclic) bond motifs is 1. The average molecular weight is 335 g/mol. The minimum atomic E-state index is -0.431. The number of nitrogens with zero attached hydrogens (tertiary/aromatic N) is 1. The maximum atomic E-state index is 12.6. The summed E-state index contributed by atoms with van der Waals surface area (Å²) in [6, 6.07) is -0.180. The molecule has 1 aliphatic carbocycles. The summed E-state index contributed by atoms with van der Waals surface area (Å²) in [6.07, 6.45) is 5.21. The van der Waals surface area contributed by atoms with E-state index < -0.39 is 5.91 Å². The summed E-state index contributed by atoms with van der Waals surface area (Å²) >= 11 is 1.52. The molecule has 5 nitrogen and oxygen atoms in total. The number of anilines is 1. The van der Waals surface area contributed by atoms with E-state index in [1.165, 1.54) is 16.2 Å². The van der Waals surface area contributed by atoms with Crippen LogP contribution in [0.5, 0.6) is 0 Å². The molecule has 0 spiro atoms. The quantitative estimate of drug-likeness (QED) is 0.887. The lowest BCUT2D eigenvalue weighted by Gasteiger charge is -2.34. The van der Waals surface area contributed by atoms with Crippen LogP contribution in [-0.4, -0.2) is 35.8 Å². The SMILES string of the molecule is CC1CCN([C@@H](C)C(=O)Nc2sc3c(c2C(N)=O)CCC3)CC1. The first-order chi connectivity index (χ1) is 11.0. The van der Waals surface area contributed by atoms with Crippen LogP contribution in [0.25, 0.3) is 0 Å². The first kappa shape index (κ1) is 16.5. The number of hydrogen-bond donors (Lipinski definition) is 2. The molecule has 0 bridgehead atoms. The molecule has 2 aliphatic rings. The van der Waals surface area contributed by atoms with E-state index in [9.17, 15) is 9.59 Å². The van der Waals surface area contributed by atoms with Gasteiger partial charge in [0.25, 0.3) is 5.91 Å². The molecule has 1 aliphatic heterocycles. The molecule has 0 aromatic carbocycles. The zero-order valence-corrected chi connectivity index (χ0v) is 14.7. The number of aryl methyl sites for hydroxylation is 1. The van der Waals surface area contributed by atoms with Crippen molar-refractivity contribution in [3.63, 3.8) is 0 Å². The van der Waals surface area contributed by atoms with E-state index in [2.05, 4.69) is 17.1 Å². The first-order valence-electron chi connectivity index (χ1n) is 8.46. The van der Waals surface area contributed by atoms with Crippen LogP contribution in [-0.2, 0) is 17.6 Å². The summed E-state index contributed by atoms with van der Waals surface area (Å²) in [6.45, 7) is 6.11. The molecule has 1 aromatic heterocycles. The summed E-state index contributed by atoms with van der Waals surface area (Å²) in [7, 11) is 0. The molecule has 3 N–H and O–H groups in total. The molecule has 126 valence electrons. The number of amides is 2. The maximum absolute atomic E-state index is 12.6. The molecular weight excluding hydrogens is 310 g/mol. The number of hydrogen-bond acceptors (Lipinski definition) is 4. The van der Waals surface area contributed by atoms with Gasteiger partial charge in [-0.1, -0.05) is 6.92 Å². The van der Waals surface area contributed by atoms with E-state index in [0.29, 0.717) is 10.6 Å². The van der Waals surface area contributed by atoms with Crippen molar-refractivity contribution >= 4 is 28.2 Å². The Hall–Kier alpha value is -1.40. The predicted molar refractivity (Wildman–Crippen MR) is 92.9 cm³/mol. The maximum Gasteiger partial charge on any atom is 0.251 e. The Balaban J connectivity index is 1.72. The van der Waals surface area contributed by atoms with Gasteiger partial charge in [0.1, 0.15) is 5.00 Å². The summed E-state index contributed by atoms with van der Waals surface area (Å²) in [4.78, 5) is 27.8. The van der Waals surface area contributed by atoms with Crippen LogP contribution in [0.2, 0.25) is 0 Å². The fourth-order valence-corrected chi connectivity index (χ4v) is 4.85. The van der Waals surface area contributed by atoms with E-state index in [4.69, 9.17) is 5.73 Å². The van der Waals surface area contributed by atoms with Gasteiger partial charge in [-0.2, -0.15) is 0 Å². The Kier molecular flexibility index (Phi) is 4.73. The molecule has 0 saturated carbocycles. The highest BCUT2D eigenvalue weighted by Gasteiger charge is 2.29. The second kappa shape index (κ2) is 6.61. The van der Waals surface area contributed by atoms with Gasteiger partial charge in [-0.15, -0.1) is 11.3 Å². The highest BCUT2D eigenvalue weighted by Crippen LogP contribution is 2.39. The van der Waals surface area contributed by atoms with Crippen LogP contribution >= 0.6 is 11.3 Å². The minimum absolute atomic E-state index is 0.0398. The van der Waals surface area contributed by atoms with Gasteiger partial charge >= 0.3 is 0 Å². The number of nitrogens with two attached hydrogens (primary N) is 1. The van der Waals surface area contributed by atoms with Crippen molar-refractivity contribution in [3.8, 4) is 0 Å². The third-order valence-corrected chi connectivity index (χ3v) is 6.36. The first-order valence-corrected chi connectivity index (χ1v) is 9.28. The third kappa shape index (κ3) is 3.28. The van der Waals surface area contributed by atoms with Crippen LogP contribution in [0.4, 0.5) is 5.00 Å². The Bertz CT molecular complexity index is 618. The van der Waals surface area contributed by atoms with Crippen molar-refractivity contribution in [1.29, 1.82) is 0 Å². The molecule has 23 heavy (non-hydrogen) atoms. The molecule has 6 heteroatoms. The number of nitrogens with one attached hydrogen (secondary N) is 1. The lowest BCUT2D eigenvalue weighted by Crippen LogP contribution is -2.45. The van der Waals surface area contributed by atoms with Crippen LogP contribution in [0, 0.1) is 5.92 Å². The molecule has 1 saturated heterocycles. The lowest BCUT2D eigenvalue weighted by molar-refractivity contribution is -0.121. The molecule has 1 aromatic rings. The van der Waals surface area contributed by atoms with Crippen LogP contribution in [0.15, 0.2) is 0 Å². The van der Waals surface area contributed by atoms with Crippen molar-refractivity contribution in [2.75, 3.05) is 18.4 Å². The van der Waals surface area contributed by atoms with Gasteiger partial charge in [0.2, 0.25) is 5.91 Å². The van der Waals surface area contributed by atoms with Crippen molar-refractivity contribution in [2.45, 2.75) is 52.0 Å². The average Bonchev–Trinajstić information content (AvgIpc) is 3.07. The highest BCUT2D eigenvalue weighted by molar-refractivity contribution is 7.17.